The number of hydrogen-bond acceptors (Lipinski definition) is 3. The van der Waals surface area contributed by atoms with Crippen LogP contribution in [0.3, 0.4) is 0 Å². The second-order valence-corrected chi connectivity index (χ2v) is 7.32. The summed E-state index contributed by atoms with van der Waals surface area (Å²) in [6.45, 7) is 4.13. The molecule has 156 valence electrons. The minimum absolute atomic E-state index is 0.0428. The van der Waals surface area contributed by atoms with Crippen molar-refractivity contribution in [3.05, 3.63) is 66.2 Å². The van der Waals surface area contributed by atoms with Gasteiger partial charge >= 0.3 is 0 Å². The van der Waals surface area contributed by atoms with E-state index in [9.17, 15) is 9.59 Å². The number of carbonyl (C=O) groups is 2. The third kappa shape index (κ3) is 5.14. The maximum atomic E-state index is 12.4. The molecular formula is C24H28N4O2. The van der Waals surface area contributed by atoms with Crippen LogP contribution in [0, 0.1) is 5.92 Å². The molecule has 0 aliphatic heterocycles. The molecule has 2 aromatic carbocycles. The summed E-state index contributed by atoms with van der Waals surface area (Å²) in [5, 5.41) is 10.4. The van der Waals surface area contributed by atoms with Crippen LogP contribution in [0.1, 0.15) is 43.5 Å². The van der Waals surface area contributed by atoms with Crippen molar-refractivity contribution in [3.63, 3.8) is 0 Å². The molecule has 0 spiro atoms. The van der Waals surface area contributed by atoms with Gasteiger partial charge in [-0.2, -0.15) is 5.10 Å². The van der Waals surface area contributed by atoms with E-state index in [0.717, 1.165) is 36.2 Å². The van der Waals surface area contributed by atoms with E-state index in [-0.39, 0.29) is 17.7 Å². The predicted octanol–water partition coefficient (Wildman–Crippen LogP) is 5.10. The maximum Gasteiger partial charge on any atom is 0.256 e. The van der Waals surface area contributed by atoms with Crippen LogP contribution >= 0.6 is 0 Å². The first-order valence-corrected chi connectivity index (χ1v) is 10.3. The van der Waals surface area contributed by atoms with Crippen LogP contribution in [0.4, 0.5) is 11.5 Å². The summed E-state index contributed by atoms with van der Waals surface area (Å²) in [6.07, 6.45) is 2.72. The van der Waals surface area contributed by atoms with Crippen molar-refractivity contribution >= 4 is 23.3 Å². The van der Waals surface area contributed by atoms with Crippen LogP contribution in [-0.2, 0) is 11.8 Å². The highest BCUT2D eigenvalue weighted by Gasteiger charge is 2.16. The summed E-state index contributed by atoms with van der Waals surface area (Å²) in [7, 11) is 1.79. The second kappa shape index (κ2) is 9.87. The van der Waals surface area contributed by atoms with Crippen LogP contribution < -0.4 is 10.6 Å². The minimum atomic E-state index is -0.180. The second-order valence-electron chi connectivity index (χ2n) is 7.32. The fourth-order valence-electron chi connectivity index (χ4n) is 3.34. The summed E-state index contributed by atoms with van der Waals surface area (Å²) in [6, 6.07) is 18.5. The number of anilines is 2. The molecule has 0 aliphatic carbocycles. The van der Waals surface area contributed by atoms with Gasteiger partial charge in [0.2, 0.25) is 5.91 Å². The fourth-order valence-corrected chi connectivity index (χ4v) is 3.34. The zero-order valence-electron chi connectivity index (χ0n) is 17.7. The molecule has 2 N–H and O–H groups in total. The topological polar surface area (TPSA) is 76.0 Å². The highest BCUT2D eigenvalue weighted by Crippen LogP contribution is 2.24. The van der Waals surface area contributed by atoms with Gasteiger partial charge in [-0.3, -0.25) is 14.3 Å². The van der Waals surface area contributed by atoms with E-state index in [0.29, 0.717) is 11.4 Å². The lowest BCUT2D eigenvalue weighted by Crippen LogP contribution is -2.22. The van der Waals surface area contributed by atoms with Crippen molar-refractivity contribution in [2.24, 2.45) is 13.0 Å². The largest absolute Gasteiger partial charge is 0.326 e. The van der Waals surface area contributed by atoms with Gasteiger partial charge in [-0.05, 0) is 37.1 Å². The van der Waals surface area contributed by atoms with E-state index in [1.54, 1.807) is 23.9 Å². The van der Waals surface area contributed by atoms with Gasteiger partial charge in [-0.25, -0.2) is 0 Å². The average molecular weight is 405 g/mol. The van der Waals surface area contributed by atoms with Crippen LogP contribution in [0.25, 0.3) is 11.3 Å². The molecule has 3 rings (SSSR count). The van der Waals surface area contributed by atoms with Gasteiger partial charge in [0.05, 0.1) is 5.69 Å². The Hall–Kier alpha value is -3.41. The smallest absolute Gasteiger partial charge is 0.256 e. The standard InChI is InChI=1S/C24H28N4O2/c1-4-9-17(5-2)23(29)25-20-14-12-18(13-15-20)21-16-22(28(3)27-21)26-24(30)19-10-7-6-8-11-19/h6-8,10-17H,4-5,9H2,1-3H3,(H,25,29)(H,26,30). The van der Waals surface area contributed by atoms with Gasteiger partial charge in [0.15, 0.2) is 0 Å². The molecule has 1 heterocycles. The Morgan fingerprint density at radius 1 is 1.00 bits per heavy atom. The Balaban J connectivity index is 1.69. The highest BCUT2D eigenvalue weighted by atomic mass is 16.2. The molecule has 1 aromatic heterocycles. The van der Waals surface area contributed by atoms with Crippen LogP contribution in [0.2, 0.25) is 0 Å². The maximum absolute atomic E-state index is 12.4. The molecule has 2 amide bonds. The van der Waals surface area contributed by atoms with E-state index in [4.69, 9.17) is 0 Å². The van der Waals surface area contributed by atoms with Gasteiger partial charge in [-0.1, -0.05) is 50.6 Å². The summed E-state index contributed by atoms with van der Waals surface area (Å²) in [4.78, 5) is 24.8. The summed E-state index contributed by atoms with van der Waals surface area (Å²) in [5.74, 6) is 0.541. The molecule has 0 saturated heterocycles. The van der Waals surface area contributed by atoms with Crippen molar-refractivity contribution in [1.82, 2.24) is 9.78 Å². The van der Waals surface area contributed by atoms with Gasteiger partial charge in [0.1, 0.15) is 5.82 Å². The number of nitrogens with zero attached hydrogens (tertiary/aromatic N) is 2. The number of aromatic nitrogens is 2. The normalized spacial score (nSPS) is 11.7. The lowest BCUT2D eigenvalue weighted by molar-refractivity contribution is -0.120. The molecule has 0 saturated carbocycles. The van der Waals surface area contributed by atoms with E-state index in [1.165, 1.54) is 0 Å². The number of rotatable bonds is 8. The molecule has 30 heavy (non-hydrogen) atoms. The summed E-state index contributed by atoms with van der Waals surface area (Å²) in [5.41, 5.74) is 3.02. The first-order chi connectivity index (χ1) is 14.5. The fraction of sp³-hybridized carbons (Fsp3) is 0.292. The molecule has 1 unspecified atom stereocenters. The number of benzene rings is 2. The first kappa shape index (κ1) is 21.3. The summed E-state index contributed by atoms with van der Waals surface area (Å²) < 4.78 is 1.64. The minimum Gasteiger partial charge on any atom is -0.326 e. The molecule has 6 nitrogen and oxygen atoms in total. The van der Waals surface area contributed by atoms with Crippen LogP contribution in [0.15, 0.2) is 60.7 Å². The number of nitrogens with one attached hydrogen (secondary N) is 2. The molecular weight excluding hydrogens is 376 g/mol. The Morgan fingerprint density at radius 2 is 1.70 bits per heavy atom. The molecule has 1 atom stereocenters. The Bertz CT molecular complexity index is 994. The molecule has 6 heteroatoms. The van der Waals surface area contributed by atoms with E-state index in [1.807, 2.05) is 55.5 Å². The van der Waals surface area contributed by atoms with Gasteiger partial charge in [-0.15, -0.1) is 0 Å². The first-order valence-electron chi connectivity index (χ1n) is 10.3. The molecule has 0 bridgehead atoms. The van der Waals surface area contributed by atoms with E-state index >= 15 is 0 Å². The number of amides is 2. The predicted molar refractivity (Wildman–Crippen MR) is 120 cm³/mol. The number of aryl methyl sites for hydroxylation is 1. The molecule has 0 radical (unpaired) electrons. The third-order valence-electron chi connectivity index (χ3n) is 5.11. The zero-order valence-corrected chi connectivity index (χ0v) is 17.7. The van der Waals surface area contributed by atoms with Crippen molar-refractivity contribution in [1.29, 1.82) is 0 Å². The third-order valence-corrected chi connectivity index (χ3v) is 5.11. The zero-order chi connectivity index (χ0) is 21.5. The lowest BCUT2D eigenvalue weighted by atomic mass is 10.00. The molecule has 3 aromatic rings. The van der Waals surface area contributed by atoms with Crippen molar-refractivity contribution in [3.8, 4) is 11.3 Å². The van der Waals surface area contributed by atoms with Gasteiger partial charge in [0.25, 0.3) is 5.91 Å². The quantitative estimate of drug-likeness (QED) is 0.548. The number of hydrogen-bond donors (Lipinski definition) is 2. The van der Waals surface area contributed by atoms with E-state index in [2.05, 4.69) is 22.7 Å². The van der Waals surface area contributed by atoms with Crippen molar-refractivity contribution in [2.45, 2.75) is 33.1 Å². The SMILES string of the molecule is CCCC(CC)C(=O)Nc1ccc(-c2cc(NC(=O)c3ccccc3)n(C)n2)cc1. The van der Waals surface area contributed by atoms with Crippen molar-refractivity contribution in [2.75, 3.05) is 10.6 Å². The number of carbonyl (C=O) groups excluding carboxylic acids is 2. The van der Waals surface area contributed by atoms with Crippen molar-refractivity contribution < 1.29 is 9.59 Å². The van der Waals surface area contributed by atoms with Gasteiger partial charge in [0, 0.05) is 35.8 Å². The van der Waals surface area contributed by atoms with Crippen LogP contribution in [-0.4, -0.2) is 21.6 Å². The lowest BCUT2D eigenvalue weighted by Gasteiger charge is -2.14. The van der Waals surface area contributed by atoms with E-state index < -0.39 is 0 Å². The molecule has 0 aliphatic rings. The van der Waals surface area contributed by atoms with Crippen LogP contribution in [0.5, 0.6) is 0 Å². The monoisotopic (exact) mass is 404 g/mol. The Labute approximate surface area is 177 Å². The highest BCUT2D eigenvalue weighted by molar-refractivity contribution is 6.04. The Kier molecular flexibility index (Phi) is 7.01. The summed E-state index contributed by atoms with van der Waals surface area (Å²) >= 11 is 0. The Morgan fingerprint density at radius 3 is 2.33 bits per heavy atom. The average Bonchev–Trinajstić information content (AvgIpc) is 3.13. The molecule has 0 fully saturated rings. The van der Waals surface area contributed by atoms with Gasteiger partial charge < -0.3 is 10.6 Å².